The molecule has 1 rings (SSSR count). The standard InChI is InChI=1S/C6H6O3S.C3H5.C2H7NO.Na/c7-10(8,9)6-4-2-1-3-5-6;1-3-2;3-1-2-4;/h1-5H,(H,7,8,9);3H,1-2H2;4H,1-3H2;. The average Bonchev–Trinajstić information content (AvgIpc) is 2.39. The van der Waals surface area contributed by atoms with E-state index in [1.54, 1.807) is 18.2 Å². The number of allylic oxidation sites excluding steroid dienone is 1. The Hall–Kier alpha value is -0.210. The molecular weight excluding hydrogens is 265 g/mol. The van der Waals surface area contributed by atoms with Gasteiger partial charge >= 0.3 is 44.3 Å². The molecule has 1 aromatic rings. The third-order valence-corrected chi connectivity index (χ3v) is 2.90. The SMILES string of the molecule is C=C[CH2][Na].NCCO.O=S(=O)(O)c1ccccc1. The van der Waals surface area contributed by atoms with E-state index >= 15 is 0 Å². The van der Waals surface area contributed by atoms with Crippen LogP contribution in [0.5, 0.6) is 0 Å². The van der Waals surface area contributed by atoms with Crippen molar-refractivity contribution in [1.82, 2.24) is 0 Å². The molecule has 0 heterocycles. The van der Waals surface area contributed by atoms with Crippen LogP contribution in [0.4, 0.5) is 0 Å². The number of hydrogen-bond donors (Lipinski definition) is 3. The molecule has 0 spiro atoms. The second kappa shape index (κ2) is 13.2. The number of aliphatic hydroxyl groups excluding tert-OH is 1. The molecule has 7 heteroatoms. The Morgan fingerprint density at radius 2 is 1.72 bits per heavy atom. The Morgan fingerprint density at radius 1 is 1.33 bits per heavy atom. The van der Waals surface area contributed by atoms with Gasteiger partial charge in [0.1, 0.15) is 0 Å². The quantitative estimate of drug-likeness (QED) is 0.429. The van der Waals surface area contributed by atoms with Gasteiger partial charge in [0.25, 0.3) is 10.1 Å². The number of benzene rings is 1. The normalized spacial score (nSPS) is 9.39. The van der Waals surface area contributed by atoms with Crippen molar-refractivity contribution in [2.75, 3.05) is 13.2 Å². The van der Waals surface area contributed by atoms with Gasteiger partial charge in [-0.1, -0.05) is 18.2 Å². The Morgan fingerprint density at radius 3 is 1.89 bits per heavy atom. The zero-order valence-corrected chi connectivity index (χ0v) is 13.3. The van der Waals surface area contributed by atoms with Crippen LogP contribution in [-0.2, 0) is 10.1 Å². The molecular formula is C11H18NNaO4S. The van der Waals surface area contributed by atoms with Crippen LogP contribution in [0.2, 0.25) is 3.67 Å². The first kappa shape index (κ1) is 20.1. The van der Waals surface area contributed by atoms with E-state index < -0.39 is 10.1 Å². The van der Waals surface area contributed by atoms with Crippen molar-refractivity contribution in [3.63, 3.8) is 0 Å². The molecule has 0 aliphatic heterocycles. The van der Waals surface area contributed by atoms with Gasteiger partial charge < -0.3 is 10.8 Å². The zero-order valence-electron chi connectivity index (χ0n) is 10.5. The molecule has 0 unspecified atom stereocenters. The molecule has 0 radical (unpaired) electrons. The summed E-state index contributed by atoms with van der Waals surface area (Å²) in [7, 11) is -4.00. The maximum Gasteiger partial charge on any atom is 0.294 e. The number of rotatable bonds is 3. The second-order valence-electron chi connectivity index (χ2n) is 3.00. The fraction of sp³-hybridized carbons (Fsp3) is 0.273. The minimum atomic E-state index is -4.00. The molecule has 0 amide bonds. The Bertz CT molecular complexity index is 393. The van der Waals surface area contributed by atoms with Crippen molar-refractivity contribution < 1.29 is 18.1 Å². The Labute approximate surface area is 126 Å². The van der Waals surface area contributed by atoms with E-state index in [4.69, 9.17) is 15.4 Å². The number of aliphatic hydroxyl groups is 1. The first-order valence-electron chi connectivity index (χ1n) is 5.38. The summed E-state index contributed by atoms with van der Waals surface area (Å²) >= 11 is 1.27. The van der Waals surface area contributed by atoms with E-state index in [1.165, 1.54) is 43.7 Å². The maximum absolute atomic E-state index is 10.4. The molecule has 5 nitrogen and oxygen atoms in total. The molecule has 0 bridgehead atoms. The van der Waals surface area contributed by atoms with Crippen molar-refractivity contribution in [2.24, 2.45) is 5.73 Å². The molecule has 1 aromatic carbocycles. The van der Waals surface area contributed by atoms with Crippen molar-refractivity contribution in [3.8, 4) is 0 Å². The minimum absolute atomic E-state index is 0.0741. The van der Waals surface area contributed by atoms with Crippen LogP contribution in [0, 0.1) is 0 Å². The van der Waals surface area contributed by atoms with Gasteiger partial charge in [0.2, 0.25) is 0 Å². The molecule has 0 aliphatic rings. The Balaban J connectivity index is 0. The molecule has 4 N–H and O–H groups in total. The van der Waals surface area contributed by atoms with E-state index in [9.17, 15) is 8.42 Å². The van der Waals surface area contributed by atoms with Gasteiger partial charge in [0.05, 0.1) is 11.5 Å². The largest absolute Gasteiger partial charge is 0.395 e. The summed E-state index contributed by atoms with van der Waals surface area (Å²) in [6.07, 6.45) is 1.94. The van der Waals surface area contributed by atoms with E-state index in [2.05, 4.69) is 6.58 Å². The molecule has 98 valence electrons. The van der Waals surface area contributed by atoms with Gasteiger partial charge in [-0.3, -0.25) is 4.55 Å². The van der Waals surface area contributed by atoms with E-state index in [0.717, 1.165) is 0 Å². The topological polar surface area (TPSA) is 101 Å². The van der Waals surface area contributed by atoms with Gasteiger partial charge in [-0.2, -0.15) is 8.42 Å². The molecule has 0 atom stereocenters. The summed E-state index contributed by atoms with van der Waals surface area (Å²) in [5, 5.41) is 7.75. The van der Waals surface area contributed by atoms with Crippen molar-refractivity contribution in [1.29, 1.82) is 0 Å². The van der Waals surface area contributed by atoms with Gasteiger partial charge in [-0.25, -0.2) is 0 Å². The molecule has 0 fully saturated rings. The monoisotopic (exact) mass is 283 g/mol. The van der Waals surface area contributed by atoms with Gasteiger partial charge in [0.15, 0.2) is 0 Å². The number of nitrogens with two attached hydrogens (primary N) is 1. The van der Waals surface area contributed by atoms with Crippen LogP contribution >= 0.6 is 0 Å². The predicted molar refractivity (Wildman–Crippen MR) is 73.2 cm³/mol. The van der Waals surface area contributed by atoms with Crippen LogP contribution in [-0.4, -0.2) is 59.2 Å². The summed E-state index contributed by atoms with van der Waals surface area (Å²) in [6, 6.07) is 7.42. The van der Waals surface area contributed by atoms with Crippen LogP contribution < -0.4 is 5.73 Å². The first-order valence-corrected chi connectivity index (χ1v) is 8.23. The summed E-state index contributed by atoms with van der Waals surface area (Å²) in [4.78, 5) is -0.0741. The maximum atomic E-state index is 10.4. The third-order valence-electron chi connectivity index (χ3n) is 1.46. The summed E-state index contributed by atoms with van der Waals surface area (Å²) < 4.78 is 30.5. The van der Waals surface area contributed by atoms with E-state index in [-0.39, 0.29) is 11.5 Å². The number of hydrogen-bond acceptors (Lipinski definition) is 4. The van der Waals surface area contributed by atoms with Gasteiger partial charge in [-0.15, -0.1) is 0 Å². The molecule has 0 aromatic heterocycles. The summed E-state index contributed by atoms with van der Waals surface area (Å²) in [6.45, 7) is 3.99. The van der Waals surface area contributed by atoms with Crippen LogP contribution in [0.1, 0.15) is 0 Å². The third kappa shape index (κ3) is 13.9. The van der Waals surface area contributed by atoms with Crippen molar-refractivity contribution >= 4 is 38.0 Å². The van der Waals surface area contributed by atoms with Crippen LogP contribution in [0.25, 0.3) is 0 Å². The van der Waals surface area contributed by atoms with Crippen molar-refractivity contribution in [2.45, 2.75) is 8.57 Å². The van der Waals surface area contributed by atoms with Gasteiger partial charge in [0, 0.05) is 6.54 Å². The fourth-order valence-electron chi connectivity index (χ4n) is 0.592. The smallest absolute Gasteiger partial charge is 0.294 e. The molecule has 0 saturated carbocycles. The predicted octanol–water partition coefficient (Wildman–Crippen LogP) is 0.630. The first-order chi connectivity index (χ1) is 8.43. The van der Waals surface area contributed by atoms with Gasteiger partial charge in [-0.05, 0) is 12.1 Å². The molecule has 0 saturated heterocycles. The zero-order chi connectivity index (χ0) is 14.4. The van der Waals surface area contributed by atoms with E-state index in [0.29, 0.717) is 6.54 Å². The average molecular weight is 283 g/mol. The fourth-order valence-corrected chi connectivity index (χ4v) is 1.09. The second-order valence-corrected chi connectivity index (χ2v) is 5.24. The molecule has 0 aliphatic carbocycles. The summed E-state index contributed by atoms with van der Waals surface area (Å²) in [5.74, 6) is 0. The van der Waals surface area contributed by atoms with Crippen LogP contribution in [0.15, 0.2) is 47.9 Å². The van der Waals surface area contributed by atoms with E-state index in [1.807, 2.05) is 6.08 Å². The minimum Gasteiger partial charge on any atom is -0.395 e. The molecule has 18 heavy (non-hydrogen) atoms. The van der Waals surface area contributed by atoms with Crippen molar-refractivity contribution in [3.05, 3.63) is 43.0 Å². The summed E-state index contributed by atoms with van der Waals surface area (Å²) in [5.41, 5.74) is 4.78. The van der Waals surface area contributed by atoms with Crippen LogP contribution in [0.3, 0.4) is 0 Å². The Kier molecular flexibility index (Phi) is 14.8.